The summed E-state index contributed by atoms with van der Waals surface area (Å²) in [7, 11) is 1.62. The number of rotatable bonds is 5. The van der Waals surface area contributed by atoms with Crippen LogP contribution in [-0.2, 0) is 4.79 Å². The van der Waals surface area contributed by atoms with Gasteiger partial charge in [0.2, 0.25) is 5.91 Å². The van der Waals surface area contributed by atoms with Gasteiger partial charge in [-0.25, -0.2) is 0 Å². The van der Waals surface area contributed by atoms with Gasteiger partial charge in [0.15, 0.2) is 5.78 Å². The zero-order valence-electron chi connectivity index (χ0n) is 15.9. The number of likely N-dealkylation sites (tertiary alicyclic amines) is 2. The highest BCUT2D eigenvalue weighted by atomic mass is 16.5. The van der Waals surface area contributed by atoms with Gasteiger partial charge in [-0.05, 0) is 69.0 Å². The van der Waals surface area contributed by atoms with E-state index in [0.717, 1.165) is 69.1 Å². The molecule has 0 bridgehead atoms. The minimum Gasteiger partial charge on any atom is -0.497 e. The maximum atomic E-state index is 12.7. The number of carbonyl (C=O) groups is 2. The van der Waals surface area contributed by atoms with Crippen molar-refractivity contribution in [2.45, 2.75) is 32.6 Å². The number of Topliss-reactive ketones (excluding diaryl/α,β-unsaturated/α-hetero) is 1. The summed E-state index contributed by atoms with van der Waals surface area (Å²) >= 11 is 0. The van der Waals surface area contributed by atoms with Gasteiger partial charge in [0.1, 0.15) is 5.75 Å². The van der Waals surface area contributed by atoms with Gasteiger partial charge in [0.25, 0.3) is 0 Å². The summed E-state index contributed by atoms with van der Waals surface area (Å²) in [5.74, 6) is 2.02. The van der Waals surface area contributed by atoms with Gasteiger partial charge in [0.05, 0.1) is 13.7 Å². The smallest absolute Gasteiger partial charge is 0.236 e. The van der Waals surface area contributed by atoms with Crippen LogP contribution in [0.25, 0.3) is 0 Å². The van der Waals surface area contributed by atoms with Crippen LogP contribution in [0.1, 0.15) is 43.0 Å². The van der Waals surface area contributed by atoms with E-state index < -0.39 is 0 Å². The van der Waals surface area contributed by atoms with Gasteiger partial charge >= 0.3 is 0 Å². The van der Waals surface area contributed by atoms with Crippen molar-refractivity contribution in [3.63, 3.8) is 0 Å². The second kappa shape index (κ2) is 8.67. The number of hydrogen-bond donors (Lipinski definition) is 0. The summed E-state index contributed by atoms with van der Waals surface area (Å²) in [6, 6.07) is 7.35. The third-order valence-electron chi connectivity index (χ3n) is 5.83. The molecule has 0 N–H and O–H groups in total. The van der Waals surface area contributed by atoms with Gasteiger partial charge in [-0.15, -0.1) is 0 Å². The van der Waals surface area contributed by atoms with Crippen molar-refractivity contribution >= 4 is 11.7 Å². The predicted octanol–water partition coefficient (Wildman–Crippen LogP) is 2.85. The van der Waals surface area contributed by atoms with Crippen LogP contribution in [0.5, 0.6) is 5.75 Å². The lowest BCUT2D eigenvalue weighted by atomic mass is 9.89. The van der Waals surface area contributed by atoms with Gasteiger partial charge in [-0.1, -0.05) is 6.92 Å². The first-order valence-corrected chi connectivity index (χ1v) is 9.75. The van der Waals surface area contributed by atoms with E-state index in [1.807, 2.05) is 29.2 Å². The predicted molar refractivity (Wildman–Crippen MR) is 101 cm³/mol. The molecule has 0 spiro atoms. The summed E-state index contributed by atoms with van der Waals surface area (Å²) in [6.45, 7) is 6.19. The Morgan fingerprint density at radius 1 is 1.00 bits per heavy atom. The summed E-state index contributed by atoms with van der Waals surface area (Å²) in [4.78, 5) is 29.4. The molecule has 5 heteroatoms. The molecule has 0 saturated carbocycles. The Balaban J connectivity index is 1.46. The van der Waals surface area contributed by atoms with Crippen LogP contribution in [0.4, 0.5) is 0 Å². The molecule has 2 aliphatic rings. The van der Waals surface area contributed by atoms with E-state index in [2.05, 4.69) is 11.8 Å². The van der Waals surface area contributed by atoms with Gasteiger partial charge in [-0.3, -0.25) is 14.5 Å². The number of nitrogens with zero attached hydrogens (tertiary/aromatic N) is 2. The second-order valence-corrected chi connectivity index (χ2v) is 7.71. The van der Waals surface area contributed by atoms with E-state index >= 15 is 0 Å². The zero-order valence-corrected chi connectivity index (χ0v) is 15.9. The first-order chi connectivity index (χ1) is 12.6. The number of carbonyl (C=O) groups excluding carboxylic acids is 2. The second-order valence-electron chi connectivity index (χ2n) is 7.71. The van der Waals surface area contributed by atoms with Crippen LogP contribution in [0, 0.1) is 11.8 Å². The fraction of sp³-hybridized carbons (Fsp3) is 0.619. The maximum absolute atomic E-state index is 12.7. The van der Waals surface area contributed by atoms with E-state index in [1.54, 1.807) is 7.11 Å². The first-order valence-electron chi connectivity index (χ1n) is 9.75. The van der Waals surface area contributed by atoms with Crippen molar-refractivity contribution in [1.29, 1.82) is 0 Å². The van der Waals surface area contributed by atoms with Crippen molar-refractivity contribution in [1.82, 2.24) is 9.80 Å². The highest BCUT2D eigenvalue weighted by Gasteiger charge is 2.28. The SMILES string of the molecule is COc1ccc(C(=O)C2CCN(CC(=O)N3CCC(C)CC3)CC2)cc1. The number of benzene rings is 1. The molecule has 0 aromatic heterocycles. The Morgan fingerprint density at radius 2 is 1.62 bits per heavy atom. The Morgan fingerprint density at radius 3 is 2.19 bits per heavy atom. The number of hydrogen-bond acceptors (Lipinski definition) is 4. The molecule has 2 saturated heterocycles. The minimum atomic E-state index is 0.0607. The molecule has 0 atom stereocenters. The number of ether oxygens (including phenoxy) is 1. The Kier molecular flexibility index (Phi) is 6.30. The number of piperidine rings is 2. The fourth-order valence-electron chi connectivity index (χ4n) is 3.89. The van der Waals surface area contributed by atoms with Gasteiger partial charge in [-0.2, -0.15) is 0 Å². The molecule has 5 nitrogen and oxygen atoms in total. The monoisotopic (exact) mass is 358 g/mol. The molecular weight excluding hydrogens is 328 g/mol. The van der Waals surface area contributed by atoms with E-state index in [0.29, 0.717) is 6.54 Å². The maximum Gasteiger partial charge on any atom is 0.236 e. The Bertz CT molecular complexity index is 613. The third-order valence-corrected chi connectivity index (χ3v) is 5.83. The van der Waals surface area contributed by atoms with Crippen LogP contribution in [-0.4, -0.2) is 61.3 Å². The quantitative estimate of drug-likeness (QED) is 0.760. The lowest BCUT2D eigenvalue weighted by molar-refractivity contribution is -0.134. The average Bonchev–Trinajstić information content (AvgIpc) is 2.68. The molecule has 2 heterocycles. The highest BCUT2D eigenvalue weighted by molar-refractivity contribution is 5.98. The van der Waals surface area contributed by atoms with E-state index in [9.17, 15) is 9.59 Å². The van der Waals surface area contributed by atoms with Crippen molar-refractivity contribution in [2.75, 3.05) is 39.8 Å². The number of ketones is 1. The minimum absolute atomic E-state index is 0.0607. The summed E-state index contributed by atoms with van der Waals surface area (Å²) in [5.41, 5.74) is 0.753. The molecule has 2 aliphatic heterocycles. The van der Waals surface area contributed by atoms with Crippen LogP contribution >= 0.6 is 0 Å². The molecule has 1 amide bonds. The highest BCUT2D eigenvalue weighted by Crippen LogP contribution is 2.23. The Hall–Kier alpha value is -1.88. The average molecular weight is 358 g/mol. The molecule has 1 aromatic rings. The van der Waals surface area contributed by atoms with E-state index in [4.69, 9.17) is 4.74 Å². The van der Waals surface area contributed by atoms with Gasteiger partial charge < -0.3 is 9.64 Å². The van der Waals surface area contributed by atoms with Gasteiger partial charge in [0, 0.05) is 24.6 Å². The fourth-order valence-corrected chi connectivity index (χ4v) is 3.89. The standard InChI is InChI=1S/C21H30N2O3/c1-16-7-13-23(14-8-16)20(24)15-22-11-9-18(10-12-22)21(25)17-3-5-19(26-2)6-4-17/h3-6,16,18H,7-15H2,1-2H3. The molecule has 26 heavy (non-hydrogen) atoms. The molecular formula is C21H30N2O3. The first kappa shape index (κ1) is 18.9. The third kappa shape index (κ3) is 4.64. The molecule has 2 fully saturated rings. The summed E-state index contributed by atoms with van der Waals surface area (Å²) < 4.78 is 5.15. The molecule has 1 aromatic carbocycles. The molecule has 0 aliphatic carbocycles. The molecule has 3 rings (SSSR count). The van der Waals surface area contributed by atoms with E-state index in [-0.39, 0.29) is 17.6 Å². The summed E-state index contributed by atoms with van der Waals surface area (Å²) in [6.07, 6.45) is 3.89. The topological polar surface area (TPSA) is 49.9 Å². The van der Waals surface area contributed by atoms with Crippen molar-refractivity contribution in [3.8, 4) is 5.75 Å². The zero-order chi connectivity index (χ0) is 18.5. The van der Waals surface area contributed by atoms with Crippen molar-refractivity contribution in [3.05, 3.63) is 29.8 Å². The van der Waals surface area contributed by atoms with Crippen LogP contribution in [0.3, 0.4) is 0 Å². The molecule has 142 valence electrons. The summed E-state index contributed by atoms with van der Waals surface area (Å²) in [5, 5.41) is 0. The largest absolute Gasteiger partial charge is 0.497 e. The lowest BCUT2D eigenvalue weighted by Gasteiger charge is -2.35. The van der Waals surface area contributed by atoms with Crippen LogP contribution in [0.2, 0.25) is 0 Å². The van der Waals surface area contributed by atoms with Crippen molar-refractivity contribution in [2.24, 2.45) is 11.8 Å². The normalized spacial score (nSPS) is 20.2. The number of methoxy groups -OCH3 is 1. The Labute approximate surface area is 156 Å². The lowest BCUT2D eigenvalue weighted by Crippen LogP contribution is -2.46. The van der Waals surface area contributed by atoms with Crippen LogP contribution < -0.4 is 4.74 Å². The van der Waals surface area contributed by atoms with Crippen LogP contribution in [0.15, 0.2) is 24.3 Å². The molecule has 0 unspecified atom stereocenters. The number of amides is 1. The molecule has 0 radical (unpaired) electrons. The van der Waals surface area contributed by atoms with Crippen molar-refractivity contribution < 1.29 is 14.3 Å². The van der Waals surface area contributed by atoms with E-state index in [1.165, 1.54) is 0 Å².